The molecule has 4 nitrogen and oxygen atoms in total. The maximum Gasteiger partial charge on any atom is 0.124 e. The number of ether oxygens (including phenoxy) is 1. The van der Waals surface area contributed by atoms with E-state index in [0.29, 0.717) is 13.2 Å². The Morgan fingerprint density at radius 3 is 2.80 bits per heavy atom. The molecule has 4 heteroatoms. The van der Waals surface area contributed by atoms with E-state index >= 15 is 0 Å². The molecule has 0 radical (unpaired) electrons. The van der Waals surface area contributed by atoms with Crippen LogP contribution in [0.2, 0.25) is 0 Å². The summed E-state index contributed by atoms with van der Waals surface area (Å²) in [7, 11) is 0. The molecule has 0 unspecified atom stereocenters. The molecule has 0 saturated heterocycles. The Labute approximate surface area is 119 Å². The Hall–Kier alpha value is -2.20. The summed E-state index contributed by atoms with van der Waals surface area (Å²) < 4.78 is 5.62. The molecule has 1 aromatic heterocycles. The second kappa shape index (κ2) is 7.40. The summed E-state index contributed by atoms with van der Waals surface area (Å²) in [6.45, 7) is 7.51. The van der Waals surface area contributed by atoms with Crippen molar-refractivity contribution in [1.82, 2.24) is 15.3 Å². The quantitative estimate of drug-likeness (QED) is 0.785. The Balaban J connectivity index is 1.90. The molecule has 2 aromatic rings. The van der Waals surface area contributed by atoms with Crippen LogP contribution in [0, 0.1) is 6.92 Å². The van der Waals surface area contributed by atoms with Crippen molar-refractivity contribution in [2.75, 3.05) is 6.61 Å². The number of hydrogen-bond donors (Lipinski definition) is 1. The van der Waals surface area contributed by atoms with E-state index in [2.05, 4.69) is 21.9 Å². The summed E-state index contributed by atoms with van der Waals surface area (Å²) in [6.07, 6.45) is 5.31. The first-order valence-corrected chi connectivity index (χ1v) is 6.59. The standard InChI is InChI=1S/C16H19N3O/c1-3-8-20-16-7-5-4-6-14(16)10-17-11-15-12-18-13(2)9-19-15/h3-7,9,12,17H,1,8,10-11H2,2H3. The van der Waals surface area contributed by atoms with Crippen molar-refractivity contribution in [2.24, 2.45) is 0 Å². The highest BCUT2D eigenvalue weighted by atomic mass is 16.5. The van der Waals surface area contributed by atoms with Gasteiger partial charge in [-0.2, -0.15) is 0 Å². The first-order valence-electron chi connectivity index (χ1n) is 6.59. The van der Waals surface area contributed by atoms with Gasteiger partial charge in [-0.1, -0.05) is 30.9 Å². The molecule has 0 saturated carbocycles. The number of aromatic nitrogens is 2. The average molecular weight is 269 g/mol. The second-order valence-electron chi connectivity index (χ2n) is 4.46. The molecule has 1 aromatic carbocycles. The smallest absolute Gasteiger partial charge is 0.124 e. The molecule has 104 valence electrons. The zero-order valence-corrected chi connectivity index (χ0v) is 11.7. The van der Waals surface area contributed by atoms with E-state index in [9.17, 15) is 0 Å². The van der Waals surface area contributed by atoms with Crippen molar-refractivity contribution in [1.29, 1.82) is 0 Å². The lowest BCUT2D eigenvalue weighted by molar-refractivity contribution is 0.358. The van der Waals surface area contributed by atoms with E-state index in [1.165, 1.54) is 0 Å². The van der Waals surface area contributed by atoms with Gasteiger partial charge in [0, 0.05) is 31.0 Å². The van der Waals surface area contributed by atoms with Gasteiger partial charge in [0.1, 0.15) is 12.4 Å². The summed E-state index contributed by atoms with van der Waals surface area (Å²) in [4.78, 5) is 8.54. The summed E-state index contributed by atoms with van der Waals surface area (Å²) in [5.41, 5.74) is 2.98. The van der Waals surface area contributed by atoms with E-state index < -0.39 is 0 Å². The zero-order chi connectivity index (χ0) is 14.2. The van der Waals surface area contributed by atoms with Crippen molar-refractivity contribution in [3.63, 3.8) is 0 Å². The van der Waals surface area contributed by atoms with Crippen molar-refractivity contribution in [3.8, 4) is 5.75 Å². The minimum atomic E-state index is 0.514. The van der Waals surface area contributed by atoms with Gasteiger partial charge in [-0.05, 0) is 13.0 Å². The van der Waals surface area contributed by atoms with Gasteiger partial charge in [0.05, 0.1) is 11.4 Å². The lowest BCUT2D eigenvalue weighted by Crippen LogP contribution is -2.14. The third-order valence-electron chi connectivity index (χ3n) is 2.79. The van der Waals surface area contributed by atoms with Crippen molar-refractivity contribution in [2.45, 2.75) is 20.0 Å². The number of nitrogens with zero attached hydrogens (tertiary/aromatic N) is 2. The summed E-state index contributed by atoms with van der Waals surface area (Å²) >= 11 is 0. The van der Waals surface area contributed by atoms with E-state index in [1.54, 1.807) is 18.5 Å². The first-order chi connectivity index (χ1) is 9.79. The van der Waals surface area contributed by atoms with Gasteiger partial charge in [-0.3, -0.25) is 9.97 Å². The highest BCUT2D eigenvalue weighted by Gasteiger charge is 2.02. The van der Waals surface area contributed by atoms with Gasteiger partial charge in [0.15, 0.2) is 0 Å². The van der Waals surface area contributed by atoms with E-state index in [4.69, 9.17) is 4.74 Å². The highest BCUT2D eigenvalue weighted by molar-refractivity contribution is 5.33. The molecule has 20 heavy (non-hydrogen) atoms. The van der Waals surface area contributed by atoms with Gasteiger partial charge in [-0.25, -0.2) is 0 Å². The summed E-state index contributed by atoms with van der Waals surface area (Å²) in [6, 6.07) is 7.98. The normalized spacial score (nSPS) is 10.2. The predicted molar refractivity (Wildman–Crippen MR) is 79.4 cm³/mol. The minimum Gasteiger partial charge on any atom is -0.489 e. The molecule has 0 aliphatic heterocycles. The molecule has 0 spiro atoms. The van der Waals surface area contributed by atoms with Crippen LogP contribution in [0.15, 0.2) is 49.3 Å². The molecule has 1 N–H and O–H groups in total. The second-order valence-corrected chi connectivity index (χ2v) is 4.46. The minimum absolute atomic E-state index is 0.514. The van der Waals surface area contributed by atoms with Gasteiger partial charge in [-0.15, -0.1) is 0 Å². The SMILES string of the molecule is C=CCOc1ccccc1CNCc1cnc(C)cn1. The van der Waals surface area contributed by atoms with Crippen LogP contribution in [-0.4, -0.2) is 16.6 Å². The van der Waals surface area contributed by atoms with Gasteiger partial charge in [0.2, 0.25) is 0 Å². The molecule has 0 aliphatic carbocycles. The van der Waals surface area contributed by atoms with E-state index in [0.717, 1.165) is 29.2 Å². The molecule has 0 bridgehead atoms. The van der Waals surface area contributed by atoms with Crippen LogP contribution < -0.4 is 10.1 Å². The van der Waals surface area contributed by atoms with Gasteiger partial charge < -0.3 is 10.1 Å². The molecular weight excluding hydrogens is 250 g/mol. The van der Waals surface area contributed by atoms with Crippen LogP contribution in [0.5, 0.6) is 5.75 Å². The highest BCUT2D eigenvalue weighted by Crippen LogP contribution is 2.17. The lowest BCUT2D eigenvalue weighted by Gasteiger charge is -2.10. The Morgan fingerprint density at radius 2 is 2.05 bits per heavy atom. The number of rotatable bonds is 7. The fourth-order valence-electron chi connectivity index (χ4n) is 1.78. The van der Waals surface area contributed by atoms with Crippen molar-refractivity contribution < 1.29 is 4.74 Å². The van der Waals surface area contributed by atoms with E-state index in [-0.39, 0.29) is 0 Å². The zero-order valence-electron chi connectivity index (χ0n) is 11.7. The predicted octanol–water partition coefficient (Wildman–Crippen LogP) is 2.64. The molecular formula is C16H19N3O. The third-order valence-corrected chi connectivity index (χ3v) is 2.79. The van der Waals surface area contributed by atoms with Crippen molar-refractivity contribution in [3.05, 3.63) is 66.3 Å². The number of benzene rings is 1. The van der Waals surface area contributed by atoms with Crippen LogP contribution >= 0.6 is 0 Å². The first kappa shape index (κ1) is 14.2. The van der Waals surface area contributed by atoms with Crippen LogP contribution in [0.4, 0.5) is 0 Å². The third kappa shape index (κ3) is 4.17. The maximum absolute atomic E-state index is 5.62. The fourth-order valence-corrected chi connectivity index (χ4v) is 1.78. The topological polar surface area (TPSA) is 47.0 Å². The number of para-hydroxylation sites is 1. The van der Waals surface area contributed by atoms with Gasteiger partial charge >= 0.3 is 0 Å². The van der Waals surface area contributed by atoms with Crippen LogP contribution in [0.3, 0.4) is 0 Å². The summed E-state index contributed by atoms with van der Waals surface area (Å²) in [5, 5.41) is 3.35. The van der Waals surface area contributed by atoms with Gasteiger partial charge in [0.25, 0.3) is 0 Å². The van der Waals surface area contributed by atoms with Crippen LogP contribution in [0.1, 0.15) is 17.0 Å². The molecule has 0 amide bonds. The molecule has 1 heterocycles. The number of hydrogen-bond acceptors (Lipinski definition) is 4. The van der Waals surface area contributed by atoms with E-state index in [1.807, 2.05) is 31.2 Å². The Bertz CT molecular complexity index is 552. The number of aryl methyl sites for hydroxylation is 1. The largest absolute Gasteiger partial charge is 0.489 e. The molecule has 0 aliphatic rings. The molecule has 0 fully saturated rings. The maximum atomic E-state index is 5.62. The lowest BCUT2D eigenvalue weighted by atomic mass is 10.2. The Morgan fingerprint density at radius 1 is 1.20 bits per heavy atom. The molecule has 2 rings (SSSR count). The van der Waals surface area contributed by atoms with Crippen LogP contribution in [-0.2, 0) is 13.1 Å². The monoisotopic (exact) mass is 269 g/mol. The Kier molecular flexibility index (Phi) is 5.26. The van der Waals surface area contributed by atoms with Crippen LogP contribution in [0.25, 0.3) is 0 Å². The number of nitrogens with one attached hydrogen (secondary N) is 1. The van der Waals surface area contributed by atoms with Crippen molar-refractivity contribution >= 4 is 0 Å². The fraction of sp³-hybridized carbons (Fsp3) is 0.250. The summed E-state index contributed by atoms with van der Waals surface area (Å²) in [5.74, 6) is 0.884. The molecule has 0 atom stereocenters. The average Bonchev–Trinajstić information content (AvgIpc) is 2.48.